The minimum Gasteiger partial charge on any atom is -0.377 e. The van der Waals surface area contributed by atoms with Gasteiger partial charge in [-0.05, 0) is 48.7 Å². The lowest BCUT2D eigenvalue weighted by atomic mass is 10.0. The third-order valence-electron chi connectivity index (χ3n) is 7.75. The largest absolute Gasteiger partial charge is 0.377 e. The average molecular weight is 660 g/mol. The van der Waals surface area contributed by atoms with Gasteiger partial charge in [-0.3, -0.25) is 9.59 Å². The molecular weight excluding hydrogens is 616 g/mol. The Morgan fingerprint density at radius 3 is 2.30 bits per heavy atom. The second kappa shape index (κ2) is 18.5. The lowest BCUT2D eigenvalue weighted by molar-refractivity contribution is -0.121. The minimum absolute atomic E-state index is 0.0117. The van der Waals surface area contributed by atoms with Crippen LogP contribution in [0.3, 0.4) is 0 Å². The molecule has 10 nitrogen and oxygen atoms in total. The van der Waals surface area contributed by atoms with E-state index in [4.69, 9.17) is 9.47 Å². The van der Waals surface area contributed by atoms with Crippen LogP contribution in [0.15, 0.2) is 42.5 Å². The smallest absolute Gasteiger partial charge is 0.315 e. The molecule has 4 rings (SSSR count). The van der Waals surface area contributed by atoms with Crippen LogP contribution in [0.1, 0.15) is 36.8 Å². The summed E-state index contributed by atoms with van der Waals surface area (Å²) in [6, 6.07) is 11.4. The van der Waals surface area contributed by atoms with Crippen LogP contribution < -0.4 is 26.2 Å². The molecule has 2 saturated heterocycles. The van der Waals surface area contributed by atoms with Crippen LogP contribution in [0.25, 0.3) is 12.2 Å². The van der Waals surface area contributed by atoms with Crippen molar-refractivity contribution in [3.63, 3.8) is 0 Å². The van der Waals surface area contributed by atoms with Gasteiger partial charge >= 0.3 is 6.03 Å². The van der Waals surface area contributed by atoms with Gasteiger partial charge in [0, 0.05) is 48.8 Å². The Hall–Kier alpha value is -3.68. The van der Waals surface area contributed by atoms with Gasteiger partial charge in [0.15, 0.2) is 0 Å². The van der Waals surface area contributed by atoms with Gasteiger partial charge < -0.3 is 35.6 Å². The first-order valence-corrected chi connectivity index (χ1v) is 16.7. The van der Waals surface area contributed by atoms with Crippen molar-refractivity contribution in [1.29, 1.82) is 0 Å². The summed E-state index contributed by atoms with van der Waals surface area (Å²) in [7, 11) is 1.80. The summed E-state index contributed by atoms with van der Waals surface area (Å²) in [5.74, 6) is -0.433. The van der Waals surface area contributed by atoms with E-state index in [1.807, 2.05) is 36.0 Å². The number of nitrogens with one attached hydrogen (secondary N) is 4. The summed E-state index contributed by atoms with van der Waals surface area (Å²) in [6.45, 7) is 2.48. The molecule has 0 spiro atoms. The second-order valence-electron chi connectivity index (χ2n) is 11.2. The number of carbonyl (C=O) groups excluding carboxylic acids is 3. The predicted octanol–water partition coefficient (Wildman–Crippen LogP) is 3.56. The molecular formula is C33H43F2N5O5S. The summed E-state index contributed by atoms with van der Waals surface area (Å²) in [5, 5.41) is 12.0. The monoisotopic (exact) mass is 659 g/mol. The molecule has 0 aliphatic carbocycles. The Morgan fingerprint density at radius 1 is 0.935 bits per heavy atom. The normalized spacial score (nSPS) is 18.7. The first-order valence-electron chi connectivity index (χ1n) is 15.6. The Kier molecular flexibility index (Phi) is 14.1. The standard InChI is InChI=1S/C33H43F2N5O5S/c1-40(24-12-9-23(10-13-24)11-14-25-26(34)5-4-6-27(25)35)21-31(42)37-16-18-45-20-19-44-17-15-36-30(41)8-3-2-7-29-32-28(22-46-29)38-33(43)39-32/h4-6,9-14,28-29,32H,2-3,7-8,15-22H2,1H3,(H,36,41)(H,37,42)(H2,38,39,43)/b14-11+. The third kappa shape index (κ3) is 11.3. The van der Waals surface area contributed by atoms with Crippen LogP contribution in [-0.2, 0) is 19.1 Å². The van der Waals surface area contributed by atoms with Crippen LogP contribution in [0.4, 0.5) is 19.3 Å². The van der Waals surface area contributed by atoms with E-state index in [2.05, 4.69) is 21.3 Å². The molecule has 2 aliphatic heterocycles. The van der Waals surface area contributed by atoms with E-state index in [0.717, 1.165) is 36.3 Å². The number of hydrogen-bond donors (Lipinski definition) is 4. The number of thioether (sulfide) groups is 1. The number of anilines is 1. The predicted molar refractivity (Wildman–Crippen MR) is 177 cm³/mol. The van der Waals surface area contributed by atoms with Crippen molar-refractivity contribution in [1.82, 2.24) is 21.3 Å². The number of urea groups is 1. The van der Waals surface area contributed by atoms with Crippen molar-refractivity contribution < 1.29 is 32.6 Å². The Morgan fingerprint density at radius 2 is 1.61 bits per heavy atom. The molecule has 3 unspecified atom stereocenters. The maximum Gasteiger partial charge on any atom is 0.315 e. The highest BCUT2D eigenvalue weighted by molar-refractivity contribution is 8.00. The molecule has 2 aliphatic rings. The summed E-state index contributed by atoms with van der Waals surface area (Å²) in [5.41, 5.74) is 1.51. The van der Waals surface area contributed by atoms with Crippen LogP contribution in [-0.4, -0.2) is 94.0 Å². The number of fused-ring (bicyclic) bond motifs is 1. The maximum atomic E-state index is 13.8. The van der Waals surface area contributed by atoms with Crippen molar-refractivity contribution in [2.75, 3.05) is 63.8 Å². The van der Waals surface area contributed by atoms with Crippen molar-refractivity contribution in [3.8, 4) is 0 Å². The molecule has 250 valence electrons. The number of halogens is 2. The Bertz CT molecular complexity index is 1310. The molecule has 2 fully saturated rings. The molecule has 13 heteroatoms. The number of benzene rings is 2. The van der Waals surface area contributed by atoms with E-state index < -0.39 is 11.6 Å². The summed E-state index contributed by atoms with van der Waals surface area (Å²) >= 11 is 1.89. The molecule has 2 aromatic rings. The zero-order valence-electron chi connectivity index (χ0n) is 26.1. The lowest BCUT2D eigenvalue weighted by Gasteiger charge is -2.19. The highest BCUT2D eigenvalue weighted by Crippen LogP contribution is 2.33. The first-order chi connectivity index (χ1) is 22.3. The Balaban J connectivity index is 0.957. The van der Waals surface area contributed by atoms with Gasteiger partial charge in [0.1, 0.15) is 11.6 Å². The zero-order chi connectivity index (χ0) is 32.7. The van der Waals surface area contributed by atoms with E-state index in [-0.39, 0.29) is 42.0 Å². The van der Waals surface area contributed by atoms with Crippen LogP contribution in [0, 0.1) is 11.6 Å². The maximum absolute atomic E-state index is 13.8. The highest BCUT2D eigenvalue weighted by atomic mass is 32.2. The molecule has 0 aromatic heterocycles. The van der Waals surface area contributed by atoms with E-state index >= 15 is 0 Å². The SMILES string of the molecule is CN(CC(=O)NCCOCCOCCNC(=O)CCCCC1SCC2NC(=O)NC21)c1ccc(/C=C/c2c(F)cccc2F)cc1. The summed E-state index contributed by atoms with van der Waals surface area (Å²) in [4.78, 5) is 37.6. The molecule has 0 bridgehead atoms. The fraction of sp³-hybridized carbons (Fsp3) is 0.485. The van der Waals surface area contributed by atoms with Crippen LogP contribution in [0.5, 0.6) is 0 Å². The number of rotatable bonds is 19. The molecule has 4 N–H and O–H groups in total. The van der Waals surface area contributed by atoms with Crippen molar-refractivity contribution in [2.45, 2.75) is 43.0 Å². The molecule has 3 atom stereocenters. The molecule has 2 heterocycles. The first kappa shape index (κ1) is 35.2. The molecule has 46 heavy (non-hydrogen) atoms. The molecule has 0 saturated carbocycles. The van der Waals surface area contributed by atoms with Crippen molar-refractivity contribution in [2.24, 2.45) is 0 Å². The number of nitrogens with zero attached hydrogens (tertiary/aromatic N) is 1. The number of hydrogen-bond acceptors (Lipinski definition) is 7. The Labute approximate surface area is 273 Å². The summed E-state index contributed by atoms with van der Waals surface area (Å²) in [6.07, 6.45) is 6.27. The van der Waals surface area contributed by atoms with Gasteiger partial charge in [-0.1, -0.05) is 30.7 Å². The molecule has 4 amide bonds. The minimum atomic E-state index is -0.619. The van der Waals surface area contributed by atoms with Crippen LogP contribution >= 0.6 is 11.8 Å². The zero-order valence-corrected chi connectivity index (χ0v) is 26.9. The van der Waals surface area contributed by atoms with Gasteiger partial charge in [-0.25, -0.2) is 13.6 Å². The van der Waals surface area contributed by atoms with Gasteiger partial charge in [-0.2, -0.15) is 11.8 Å². The van der Waals surface area contributed by atoms with Gasteiger partial charge in [0.2, 0.25) is 11.8 Å². The van der Waals surface area contributed by atoms with Gasteiger partial charge in [0.05, 0.1) is 45.1 Å². The molecule has 0 radical (unpaired) electrons. The van der Waals surface area contributed by atoms with Crippen molar-refractivity contribution >= 4 is 47.4 Å². The summed E-state index contributed by atoms with van der Waals surface area (Å²) < 4.78 is 38.6. The lowest BCUT2D eigenvalue weighted by Crippen LogP contribution is -2.36. The highest BCUT2D eigenvalue weighted by Gasteiger charge is 2.42. The number of unbranched alkanes of at least 4 members (excludes halogenated alkanes) is 1. The van der Waals surface area contributed by atoms with Crippen LogP contribution in [0.2, 0.25) is 0 Å². The van der Waals surface area contributed by atoms with E-state index in [1.54, 1.807) is 18.0 Å². The number of carbonyl (C=O) groups is 3. The second-order valence-corrected chi connectivity index (χ2v) is 12.5. The van der Waals surface area contributed by atoms with E-state index in [0.29, 0.717) is 51.2 Å². The quantitative estimate of drug-likeness (QED) is 0.103. The average Bonchev–Trinajstić information content (AvgIpc) is 3.59. The number of ether oxygens (including phenoxy) is 2. The van der Waals surface area contributed by atoms with Gasteiger partial charge in [-0.15, -0.1) is 0 Å². The van der Waals surface area contributed by atoms with Gasteiger partial charge in [0.25, 0.3) is 0 Å². The van der Waals surface area contributed by atoms with E-state index in [1.165, 1.54) is 24.3 Å². The number of likely N-dealkylation sites (N-methyl/N-ethyl adjacent to an activating group) is 1. The molecule has 2 aromatic carbocycles. The third-order valence-corrected chi connectivity index (χ3v) is 9.26. The van der Waals surface area contributed by atoms with E-state index in [9.17, 15) is 23.2 Å². The van der Waals surface area contributed by atoms with Crippen molar-refractivity contribution in [3.05, 3.63) is 65.2 Å². The topological polar surface area (TPSA) is 121 Å². The number of amides is 4. The fourth-order valence-electron chi connectivity index (χ4n) is 5.26. The fourth-order valence-corrected chi connectivity index (χ4v) is 6.81.